The number of carbonyl (C=O) groups is 2. The van der Waals surface area contributed by atoms with Crippen molar-refractivity contribution < 1.29 is 19.2 Å². The quantitative estimate of drug-likeness (QED) is 0.328. The van der Waals surface area contributed by atoms with Crippen molar-refractivity contribution >= 4 is 64.2 Å². The van der Waals surface area contributed by atoms with Crippen LogP contribution in [0.4, 0.5) is 0 Å². The van der Waals surface area contributed by atoms with Gasteiger partial charge in [-0.05, 0) is 12.5 Å². The molecule has 2 heterocycles. The highest BCUT2D eigenvalue weighted by Crippen LogP contribution is 2.39. The summed E-state index contributed by atoms with van der Waals surface area (Å²) in [6.45, 7) is 1.35. The van der Waals surface area contributed by atoms with Crippen molar-refractivity contribution in [3.05, 3.63) is 11.3 Å². The van der Waals surface area contributed by atoms with Crippen LogP contribution in [-0.4, -0.2) is 51.1 Å². The van der Waals surface area contributed by atoms with Crippen molar-refractivity contribution in [2.75, 3.05) is 19.5 Å². The van der Waals surface area contributed by atoms with Crippen LogP contribution < -0.4 is 0 Å². The first-order chi connectivity index (χ1) is 9.76. The van der Waals surface area contributed by atoms with Gasteiger partial charge in [0, 0.05) is 5.75 Å². The number of hydrogen-bond acceptors (Lipinski definition) is 6. The van der Waals surface area contributed by atoms with Gasteiger partial charge in [-0.1, -0.05) is 40.0 Å². The standard InChI is InChI=1S/C11H11Cl3N2O4S/c1-5-3-21-9-6(15-19-2)8(17)16(9)7(5)10(18)20-4-11(12,13)14/h9H,3-4H2,1-2H3/t9-/m1/s1. The van der Waals surface area contributed by atoms with Crippen molar-refractivity contribution in [2.45, 2.75) is 16.1 Å². The number of rotatable bonds is 3. The molecule has 6 nitrogen and oxygen atoms in total. The Hall–Kier alpha value is -0.630. The van der Waals surface area contributed by atoms with Gasteiger partial charge in [0.15, 0.2) is 5.71 Å². The molecule has 0 N–H and O–H groups in total. The van der Waals surface area contributed by atoms with Gasteiger partial charge in [0.25, 0.3) is 5.91 Å². The molecule has 0 aromatic heterocycles. The summed E-state index contributed by atoms with van der Waals surface area (Å²) < 4.78 is 3.25. The smallest absolute Gasteiger partial charge is 0.355 e. The van der Waals surface area contributed by atoms with Gasteiger partial charge < -0.3 is 9.57 Å². The van der Waals surface area contributed by atoms with Gasteiger partial charge in [0.2, 0.25) is 3.79 Å². The number of nitrogens with zero attached hydrogens (tertiary/aromatic N) is 2. The largest absolute Gasteiger partial charge is 0.456 e. The van der Waals surface area contributed by atoms with Gasteiger partial charge in [-0.2, -0.15) is 0 Å². The second-order valence-electron chi connectivity index (χ2n) is 4.32. The zero-order valence-corrected chi connectivity index (χ0v) is 14.1. The summed E-state index contributed by atoms with van der Waals surface area (Å²) in [7, 11) is 1.35. The molecule has 1 amide bonds. The second kappa shape index (κ2) is 6.24. The van der Waals surface area contributed by atoms with Crippen molar-refractivity contribution in [1.82, 2.24) is 4.90 Å². The Morgan fingerprint density at radius 2 is 2.19 bits per heavy atom. The fraction of sp³-hybridized carbons (Fsp3) is 0.545. The predicted molar refractivity (Wildman–Crippen MR) is 81.5 cm³/mol. The van der Waals surface area contributed by atoms with Gasteiger partial charge in [0.1, 0.15) is 24.8 Å². The van der Waals surface area contributed by atoms with E-state index < -0.39 is 22.3 Å². The van der Waals surface area contributed by atoms with Gasteiger partial charge in [-0.25, -0.2) is 4.79 Å². The molecule has 0 unspecified atom stereocenters. The first kappa shape index (κ1) is 16.7. The van der Waals surface area contributed by atoms with Crippen LogP contribution in [0, 0.1) is 0 Å². The van der Waals surface area contributed by atoms with Crippen LogP contribution in [0.25, 0.3) is 0 Å². The molecule has 1 saturated heterocycles. The van der Waals surface area contributed by atoms with Crippen molar-refractivity contribution in [2.24, 2.45) is 5.16 Å². The number of alkyl halides is 3. The Morgan fingerprint density at radius 1 is 1.52 bits per heavy atom. The molecule has 0 radical (unpaired) electrons. The third-order valence-corrected chi connectivity index (χ3v) is 4.44. The maximum Gasteiger partial charge on any atom is 0.355 e. The van der Waals surface area contributed by atoms with E-state index in [1.54, 1.807) is 6.92 Å². The number of amides is 1. The third kappa shape index (κ3) is 3.41. The maximum atomic E-state index is 12.1. The lowest BCUT2D eigenvalue weighted by Crippen LogP contribution is -2.62. The van der Waals surface area contributed by atoms with E-state index >= 15 is 0 Å². The first-order valence-electron chi connectivity index (χ1n) is 5.76. The summed E-state index contributed by atoms with van der Waals surface area (Å²) in [5.74, 6) is -0.529. The molecule has 10 heteroatoms. The van der Waals surface area contributed by atoms with Crippen LogP contribution in [0.2, 0.25) is 0 Å². The van der Waals surface area contributed by atoms with Crippen molar-refractivity contribution in [3.63, 3.8) is 0 Å². The summed E-state index contributed by atoms with van der Waals surface area (Å²) >= 11 is 18.1. The van der Waals surface area contributed by atoms with E-state index in [-0.39, 0.29) is 16.8 Å². The normalized spacial score (nSPS) is 23.9. The van der Waals surface area contributed by atoms with E-state index in [0.717, 1.165) is 5.57 Å². The summed E-state index contributed by atoms with van der Waals surface area (Å²) in [5.41, 5.74) is 1.16. The minimum atomic E-state index is -1.70. The molecule has 0 saturated carbocycles. The van der Waals surface area contributed by atoms with Crippen LogP contribution in [0.15, 0.2) is 16.4 Å². The molecule has 0 spiro atoms. The van der Waals surface area contributed by atoms with Gasteiger partial charge in [0.05, 0.1) is 0 Å². The average molecular weight is 374 g/mol. The van der Waals surface area contributed by atoms with E-state index in [9.17, 15) is 9.59 Å². The highest BCUT2D eigenvalue weighted by molar-refractivity contribution is 8.01. The molecule has 2 aliphatic rings. The van der Waals surface area contributed by atoms with Crippen molar-refractivity contribution in [1.29, 1.82) is 0 Å². The molecule has 0 bridgehead atoms. The third-order valence-electron chi connectivity index (χ3n) is 2.76. The Labute approximate surface area is 140 Å². The number of β-lactam (4-membered cyclic amide) rings is 1. The number of ether oxygens (including phenoxy) is 1. The Bertz CT molecular complexity index is 544. The number of carbonyl (C=O) groups excluding carboxylic acids is 2. The lowest BCUT2D eigenvalue weighted by atomic mass is 10.1. The first-order valence-corrected chi connectivity index (χ1v) is 7.94. The van der Waals surface area contributed by atoms with E-state index in [1.165, 1.54) is 23.8 Å². The number of fused-ring (bicyclic) bond motifs is 1. The summed E-state index contributed by atoms with van der Waals surface area (Å²) in [5, 5.41) is 3.32. The van der Waals surface area contributed by atoms with E-state index in [2.05, 4.69) is 9.99 Å². The second-order valence-corrected chi connectivity index (χ2v) is 7.90. The SMILES string of the molecule is CON=C1C(=O)N2C(C(=O)OCC(Cl)(Cl)Cl)=C(C)CS[C@H]12. The van der Waals surface area contributed by atoms with Crippen LogP contribution in [0.1, 0.15) is 6.92 Å². The number of halogens is 3. The topological polar surface area (TPSA) is 68.2 Å². The lowest BCUT2D eigenvalue weighted by molar-refractivity contribution is -0.144. The Morgan fingerprint density at radius 3 is 2.76 bits per heavy atom. The fourth-order valence-electron chi connectivity index (χ4n) is 1.91. The maximum absolute atomic E-state index is 12.1. The van der Waals surface area contributed by atoms with E-state index in [1.807, 2.05) is 0 Å². The van der Waals surface area contributed by atoms with Crippen LogP contribution in [-0.2, 0) is 19.2 Å². The predicted octanol–water partition coefficient (Wildman–Crippen LogP) is 2.09. The Kier molecular flexibility index (Phi) is 4.97. The number of oxime groups is 1. The van der Waals surface area contributed by atoms with E-state index in [4.69, 9.17) is 39.5 Å². The monoisotopic (exact) mass is 372 g/mol. The van der Waals surface area contributed by atoms with Crippen LogP contribution in [0.3, 0.4) is 0 Å². The summed E-state index contributed by atoms with van der Waals surface area (Å²) in [6.07, 6.45) is 0. The molecular formula is C11H11Cl3N2O4S. The lowest BCUT2D eigenvalue weighted by Gasteiger charge is -2.44. The number of esters is 1. The molecule has 0 aliphatic carbocycles. The van der Waals surface area contributed by atoms with Crippen LogP contribution >= 0.6 is 46.6 Å². The Balaban J connectivity index is 2.17. The summed E-state index contributed by atoms with van der Waals surface area (Å²) in [6, 6.07) is 0. The van der Waals surface area contributed by atoms with Gasteiger partial charge >= 0.3 is 5.97 Å². The zero-order chi connectivity index (χ0) is 15.8. The molecule has 2 rings (SSSR count). The molecule has 1 fully saturated rings. The summed E-state index contributed by atoms with van der Waals surface area (Å²) in [4.78, 5) is 30.1. The molecule has 116 valence electrons. The minimum absolute atomic E-state index is 0.174. The number of thioether (sulfide) groups is 1. The molecule has 0 aromatic carbocycles. The average Bonchev–Trinajstić information content (AvgIpc) is 2.41. The highest BCUT2D eigenvalue weighted by Gasteiger charge is 2.51. The molecule has 21 heavy (non-hydrogen) atoms. The molecule has 1 atom stereocenters. The number of hydrogen-bond donors (Lipinski definition) is 0. The van der Waals surface area contributed by atoms with Crippen LogP contribution in [0.5, 0.6) is 0 Å². The van der Waals surface area contributed by atoms with Gasteiger partial charge in [-0.3, -0.25) is 9.69 Å². The van der Waals surface area contributed by atoms with E-state index in [0.29, 0.717) is 5.75 Å². The minimum Gasteiger partial charge on any atom is -0.456 e. The fourth-order valence-corrected chi connectivity index (χ4v) is 3.27. The highest BCUT2D eigenvalue weighted by atomic mass is 35.6. The molecular weight excluding hydrogens is 363 g/mol. The molecule has 0 aromatic rings. The van der Waals surface area contributed by atoms with Crippen molar-refractivity contribution in [3.8, 4) is 0 Å². The van der Waals surface area contributed by atoms with Gasteiger partial charge in [-0.15, -0.1) is 11.8 Å². The zero-order valence-electron chi connectivity index (χ0n) is 11.1. The molecule has 2 aliphatic heterocycles.